The largest absolute Gasteiger partial charge is 0.504 e. The number of anilines is 2. The minimum atomic E-state index is -4.63. The van der Waals surface area contributed by atoms with Crippen LogP contribution in [0.25, 0.3) is 17.2 Å². The maximum Gasteiger partial charge on any atom is 0.416 e. The Bertz CT molecular complexity index is 2390. The lowest BCUT2D eigenvalue weighted by Gasteiger charge is -2.36. The van der Waals surface area contributed by atoms with Gasteiger partial charge in [-0.15, -0.1) is 5.10 Å². The van der Waals surface area contributed by atoms with Crippen LogP contribution in [0.1, 0.15) is 34.2 Å². The van der Waals surface area contributed by atoms with Crippen LogP contribution in [-0.4, -0.2) is 82.1 Å². The lowest BCUT2D eigenvalue weighted by atomic mass is 10.1. The number of carbonyl (C=O) groups is 2. The Morgan fingerprint density at radius 2 is 1.79 bits per heavy atom. The molecule has 0 saturated carbocycles. The number of alkyl halides is 3. The zero-order chi connectivity index (χ0) is 37.8. The number of hydrogen-bond acceptors (Lipinski definition) is 9. The van der Waals surface area contributed by atoms with E-state index in [9.17, 15) is 36.9 Å². The van der Waals surface area contributed by atoms with Gasteiger partial charge in [0.1, 0.15) is 12.2 Å². The van der Waals surface area contributed by atoms with Crippen LogP contribution < -0.4 is 15.8 Å². The van der Waals surface area contributed by atoms with E-state index < -0.39 is 52.2 Å². The number of nitrogens with zero attached hydrogens (tertiary/aromatic N) is 7. The first-order chi connectivity index (χ1) is 25.2. The highest BCUT2D eigenvalue weighted by Crippen LogP contribution is 2.34. The predicted molar refractivity (Wildman–Crippen MR) is 191 cm³/mol. The van der Waals surface area contributed by atoms with Gasteiger partial charge in [-0.25, -0.2) is 4.98 Å². The number of carbonyl (C=O) groups excluding carboxylic acids is 2. The summed E-state index contributed by atoms with van der Waals surface area (Å²) in [5.41, 5.74) is 0.361. The summed E-state index contributed by atoms with van der Waals surface area (Å²) >= 11 is 12.1. The highest BCUT2D eigenvalue weighted by atomic mass is 35.5. The van der Waals surface area contributed by atoms with Gasteiger partial charge in [-0.2, -0.15) is 22.7 Å². The third kappa shape index (κ3) is 6.84. The molecule has 5 heterocycles. The number of nitrogens with one attached hydrogen (secondary N) is 1. The molecule has 53 heavy (non-hydrogen) atoms. The molecule has 1 fully saturated rings. The fraction of sp³-hybridized carbons (Fsp3) is 0.294. The average molecular weight is 790 g/mol. The van der Waals surface area contributed by atoms with Crippen LogP contribution in [0.5, 0.6) is 5.75 Å². The van der Waals surface area contributed by atoms with Crippen molar-refractivity contribution in [3.63, 3.8) is 0 Å². The number of benzene rings is 2. The summed E-state index contributed by atoms with van der Waals surface area (Å²) in [7, 11) is -1.11. The molecular formula is C34H29Cl2F3N8O5S. The van der Waals surface area contributed by atoms with E-state index in [0.717, 1.165) is 33.2 Å². The van der Waals surface area contributed by atoms with Crippen LogP contribution in [0.15, 0.2) is 58.4 Å². The summed E-state index contributed by atoms with van der Waals surface area (Å²) in [6, 6.07) is 9.23. The second kappa shape index (κ2) is 14.1. The number of pyridine rings is 1. The van der Waals surface area contributed by atoms with E-state index in [1.165, 1.54) is 21.7 Å². The number of fused-ring (bicyclic) bond motifs is 2. The number of rotatable bonds is 7. The van der Waals surface area contributed by atoms with Gasteiger partial charge in [-0.1, -0.05) is 30.1 Å². The van der Waals surface area contributed by atoms with Crippen molar-refractivity contribution in [3.8, 4) is 17.1 Å². The number of piperazine rings is 1. The van der Waals surface area contributed by atoms with E-state index in [2.05, 4.69) is 20.4 Å². The van der Waals surface area contributed by atoms with E-state index in [0.29, 0.717) is 23.4 Å². The van der Waals surface area contributed by atoms with E-state index in [1.54, 1.807) is 24.0 Å². The number of aromatic hydroxyl groups is 1. The number of hydrogen-bond donors (Lipinski definition) is 2. The minimum absolute atomic E-state index is 0.0184. The molecule has 0 spiro atoms. The van der Waals surface area contributed by atoms with Gasteiger partial charge in [0.05, 0.1) is 37.8 Å². The Balaban J connectivity index is 1.26. The molecular weight excluding hydrogens is 760 g/mol. The molecule has 276 valence electrons. The molecule has 19 heteroatoms. The molecule has 3 aromatic heterocycles. The van der Waals surface area contributed by atoms with Gasteiger partial charge in [0.15, 0.2) is 17.3 Å². The van der Waals surface area contributed by atoms with Gasteiger partial charge in [0, 0.05) is 48.6 Å². The fourth-order valence-corrected chi connectivity index (χ4v) is 8.17. The van der Waals surface area contributed by atoms with Crippen molar-refractivity contribution >= 4 is 63.0 Å². The van der Waals surface area contributed by atoms with Gasteiger partial charge in [0.25, 0.3) is 11.5 Å². The van der Waals surface area contributed by atoms with Crippen LogP contribution in [0.2, 0.25) is 10.0 Å². The fourth-order valence-electron chi connectivity index (χ4n) is 6.50. The molecule has 2 aromatic carbocycles. The Hall–Kier alpha value is -5.00. The first-order valence-corrected chi connectivity index (χ1v) is 18.4. The highest BCUT2D eigenvalue weighted by Gasteiger charge is 2.32. The summed E-state index contributed by atoms with van der Waals surface area (Å²) in [5.74, 6) is -0.903. The topological polar surface area (TPSA) is 155 Å². The van der Waals surface area contributed by atoms with Crippen molar-refractivity contribution in [2.45, 2.75) is 37.4 Å². The standard InChI is InChI=1S/C34H29Cl2F3N8O5S/c1-2-24-28(44-10-12-45(13-11-44)31(50)27-29(49)21(35)7-9-40-27)32(51)47-33(42-30(43-47)19-3-6-25-18(15-19)8-14-53(25)52)46(24)17-26(48)41-23-5-4-20(16-22(23)36)34(37,38)39/h3-7,9,15-16,49H,2,8,10-14,17H2,1H3,(H,41,48)/t53-/m0/s1. The van der Waals surface area contributed by atoms with Crippen molar-refractivity contribution in [1.29, 1.82) is 0 Å². The molecule has 2 aliphatic heterocycles. The van der Waals surface area contributed by atoms with Crippen molar-refractivity contribution in [1.82, 2.24) is 29.0 Å². The number of aryl methyl sites for hydroxylation is 1. The summed E-state index contributed by atoms with van der Waals surface area (Å²) in [6.45, 7) is 2.06. The average Bonchev–Trinajstić information content (AvgIpc) is 3.75. The zero-order valence-corrected chi connectivity index (χ0v) is 30.1. The second-order valence-corrected chi connectivity index (χ2v) is 14.7. The molecule has 1 atom stereocenters. The SMILES string of the molecule is CCc1c(N2CCN(C(=O)c3nccc(Cl)c3O)CC2)c(=O)n2nc(-c3ccc4c(c3)CC[S@@]4=O)nc2n1CC(=O)Nc1ccc(C(F)(F)F)cc1Cl. The van der Waals surface area contributed by atoms with Gasteiger partial charge in [0.2, 0.25) is 11.7 Å². The molecule has 0 unspecified atom stereocenters. The summed E-state index contributed by atoms with van der Waals surface area (Å²) in [6.07, 6.45) is -2.46. The molecule has 0 aliphatic carbocycles. The highest BCUT2D eigenvalue weighted by molar-refractivity contribution is 7.85. The van der Waals surface area contributed by atoms with Crippen LogP contribution in [0, 0.1) is 0 Å². The maximum absolute atomic E-state index is 14.3. The molecule has 13 nitrogen and oxygen atoms in total. The van der Waals surface area contributed by atoms with Gasteiger partial charge in [-0.05, 0) is 60.9 Å². The third-order valence-corrected chi connectivity index (χ3v) is 11.2. The maximum atomic E-state index is 14.3. The van der Waals surface area contributed by atoms with Crippen LogP contribution in [0.3, 0.4) is 0 Å². The van der Waals surface area contributed by atoms with E-state index in [1.807, 2.05) is 6.07 Å². The summed E-state index contributed by atoms with van der Waals surface area (Å²) in [5, 5.41) is 17.1. The number of amides is 2. The third-order valence-electron chi connectivity index (χ3n) is 9.11. The molecule has 7 rings (SSSR count). The summed E-state index contributed by atoms with van der Waals surface area (Å²) < 4.78 is 54.7. The van der Waals surface area contributed by atoms with Gasteiger partial charge < -0.3 is 24.8 Å². The Labute approximate surface area is 311 Å². The normalized spacial score (nSPS) is 15.9. The van der Waals surface area contributed by atoms with Crippen LogP contribution in [0.4, 0.5) is 24.5 Å². The first kappa shape index (κ1) is 36.4. The van der Waals surface area contributed by atoms with Crippen molar-refractivity contribution in [3.05, 3.63) is 91.6 Å². The van der Waals surface area contributed by atoms with Crippen LogP contribution in [-0.2, 0) is 41.2 Å². The summed E-state index contributed by atoms with van der Waals surface area (Å²) in [4.78, 5) is 53.8. The molecule has 2 amide bonds. The molecule has 5 aromatic rings. The zero-order valence-electron chi connectivity index (χ0n) is 27.8. The van der Waals surface area contributed by atoms with E-state index in [-0.39, 0.29) is 71.3 Å². The smallest absolute Gasteiger partial charge is 0.416 e. The predicted octanol–water partition coefficient (Wildman–Crippen LogP) is 4.81. The molecule has 2 aliphatic rings. The van der Waals surface area contributed by atoms with Crippen LogP contribution >= 0.6 is 23.2 Å². The molecule has 0 radical (unpaired) electrons. The number of aromatic nitrogens is 5. The second-order valence-electron chi connectivity index (χ2n) is 12.3. The quantitative estimate of drug-likeness (QED) is 0.237. The minimum Gasteiger partial charge on any atom is -0.504 e. The molecule has 0 bridgehead atoms. The monoisotopic (exact) mass is 788 g/mol. The number of halogens is 5. The Morgan fingerprint density at radius 1 is 1.04 bits per heavy atom. The van der Waals surface area contributed by atoms with Gasteiger partial charge in [-0.3, -0.25) is 18.6 Å². The Morgan fingerprint density at radius 3 is 2.49 bits per heavy atom. The molecule has 2 N–H and O–H groups in total. The van der Waals surface area contributed by atoms with Crippen molar-refractivity contribution < 1.29 is 32.1 Å². The molecule has 1 saturated heterocycles. The van der Waals surface area contributed by atoms with E-state index in [4.69, 9.17) is 23.2 Å². The Kier molecular flexibility index (Phi) is 9.67. The van der Waals surface area contributed by atoms with Gasteiger partial charge >= 0.3 is 6.18 Å². The lowest BCUT2D eigenvalue weighted by Crippen LogP contribution is -2.51. The van der Waals surface area contributed by atoms with Crippen molar-refractivity contribution in [2.75, 3.05) is 42.1 Å². The lowest BCUT2D eigenvalue weighted by molar-refractivity contribution is -0.137. The first-order valence-electron chi connectivity index (χ1n) is 16.3. The van der Waals surface area contributed by atoms with Crippen molar-refractivity contribution in [2.24, 2.45) is 0 Å². The van der Waals surface area contributed by atoms with E-state index >= 15 is 0 Å².